The first kappa shape index (κ1) is 14.1. The first-order valence-electron chi connectivity index (χ1n) is 6.12. The zero-order chi connectivity index (χ0) is 11.6. The van der Waals surface area contributed by atoms with E-state index in [-0.39, 0.29) is 0 Å². The summed E-state index contributed by atoms with van der Waals surface area (Å²) < 4.78 is 0. The third-order valence-corrected chi connectivity index (χ3v) is 4.72. The van der Waals surface area contributed by atoms with E-state index in [9.17, 15) is 0 Å². The van der Waals surface area contributed by atoms with E-state index in [0.717, 1.165) is 19.0 Å². The van der Waals surface area contributed by atoms with Gasteiger partial charge in [-0.1, -0.05) is 20.3 Å². The van der Waals surface area contributed by atoms with Gasteiger partial charge in [-0.05, 0) is 47.0 Å². The van der Waals surface area contributed by atoms with E-state index in [1.807, 2.05) is 0 Å². The molecule has 0 bridgehead atoms. The van der Waals surface area contributed by atoms with Crippen molar-refractivity contribution in [1.29, 1.82) is 0 Å². The maximum Gasteiger partial charge on any atom is 0.00582 e. The van der Waals surface area contributed by atoms with Crippen LogP contribution in [-0.2, 0) is 6.42 Å². The van der Waals surface area contributed by atoms with E-state index >= 15 is 0 Å². The van der Waals surface area contributed by atoms with Crippen molar-refractivity contribution in [1.82, 2.24) is 5.32 Å². The molecule has 1 aromatic rings. The summed E-state index contributed by atoms with van der Waals surface area (Å²) in [5, 5.41) is 7.88. The molecule has 3 heteroatoms. The van der Waals surface area contributed by atoms with Crippen LogP contribution in [0.3, 0.4) is 0 Å². The summed E-state index contributed by atoms with van der Waals surface area (Å²) >= 11 is 3.86. The molecule has 0 aliphatic carbocycles. The zero-order valence-electron chi connectivity index (χ0n) is 10.4. The Morgan fingerprint density at radius 3 is 3.00 bits per heavy atom. The molecular formula is C13H23NS2. The van der Waals surface area contributed by atoms with Crippen molar-refractivity contribution in [3.8, 4) is 0 Å². The Hall–Kier alpha value is 0.01000. The predicted octanol–water partition coefficient (Wildman–Crippen LogP) is 3.66. The molecule has 92 valence electrons. The van der Waals surface area contributed by atoms with Crippen LogP contribution in [0.15, 0.2) is 16.8 Å². The Kier molecular flexibility index (Phi) is 7.99. The van der Waals surface area contributed by atoms with Crippen molar-refractivity contribution in [2.24, 2.45) is 5.92 Å². The van der Waals surface area contributed by atoms with Crippen LogP contribution in [0.5, 0.6) is 0 Å². The summed E-state index contributed by atoms with van der Waals surface area (Å²) in [6, 6.07) is 2.21. The largest absolute Gasteiger partial charge is 0.316 e. The zero-order valence-corrected chi connectivity index (χ0v) is 12.0. The van der Waals surface area contributed by atoms with E-state index in [1.165, 1.54) is 29.9 Å². The van der Waals surface area contributed by atoms with Crippen molar-refractivity contribution >= 4 is 23.1 Å². The summed E-state index contributed by atoms with van der Waals surface area (Å²) in [6.45, 7) is 6.85. The molecule has 0 amide bonds. The summed E-state index contributed by atoms with van der Waals surface area (Å²) in [4.78, 5) is 0. The Bertz CT molecular complexity index is 246. The van der Waals surface area contributed by atoms with Crippen molar-refractivity contribution in [3.63, 3.8) is 0 Å². The van der Waals surface area contributed by atoms with Gasteiger partial charge in [-0.15, -0.1) is 0 Å². The normalized spacial score (nSPS) is 12.9. The van der Waals surface area contributed by atoms with Gasteiger partial charge in [0.2, 0.25) is 0 Å². The predicted molar refractivity (Wildman–Crippen MR) is 77.7 cm³/mol. The first-order chi connectivity index (χ1) is 7.83. The third-order valence-electron chi connectivity index (χ3n) is 2.69. The number of hydrogen-bond donors (Lipinski definition) is 1. The molecule has 1 atom stereocenters. The second-order valence-corrected chi connectivity index (χ2v) is 6.15. The number of thiophene rings is 1. The Labute approximate surface area is 108 Å². The van der Waals surface area contributed by atoms with E-state index in [2.05, 4.69) is 47.8 Å². The molecule has 1 unspecified atom stereocenters. The van der Waals surface area contributed by atoms with Gasteiger partial charge in [-0.3, -0.25) is 0 Å². The summed E-state index contributed by atoms with van der Waals surface area (Å²) in [5.74, 6) is 3.42. The molecule has 1 aromatic heterocycles. The van der Waals surface area contributed by atoms with Crippen LogP contribution in [0.2, 0.25) is 0 Å². The SMILES string of the molecule is CCC(C)CSCCNCCc1ccsc1. The molecular weight excluding hydrogens is 234 g/mol. The van der Waals surface area contributed by atoms with Gasteiger partial charge in [0.25, 0.3) is 0 Å². The minimum absolute atomic E-state index is 0.871. The number of hydrogen-bond acceptors (Lipinski definition) is 3. The van der Waals surface area contributed by atoms with Crippen LogP contribution in [-0.4, -0.2) is 24.6 Å². The summed E-state index contributed by atoms with van der Waals surface area (Å²) in [6.07, 6.45) is 2.47. The molecule has 1 heterocycles. The molecule has 0 radical (unpaired) electrons. The molecule has 0 saturated heterocycles. The lowest BCUT2D eigenvalue weighted by molar-refractivity contribution is 0.636. The van der Waals surface area contributed by atoms with Crippen LogP contribution in [0.1, 0.15) is 25.8 Å². The lowest BCUT2D eigenvalue weighted by atomic mass is 10.2. The second kappa shape index (κ2) is 9.08. The Morgan fingerprint density at radius 1 is 1.44 bits per heavy atom. The standard InChI is InChI=1S/C13H23NS2/c1-3-12(2)10-16-9-7-14-6-4-13-5-8-15-11-13/h5,8,11-12,14H,3-4,6-7,9-10H2,1-2H3. The average molecular weight is 257 g/mol. The second-order valence-electron chi connectivity index (χ2n) is 4.22. The van der Waals surface area contributed by atoms with Crippen LogP contribution in [0, 0.1) is 5.92 Å². The van der Waals surface area contributed by atoms with E-state index in [4.69, 9.17) is 0 Å². The Morgan fingerprint density at radius 2 is 2.31 bits per heavy atom. The van der Waals surface area contributed by atoms with Gasteiger partial charge in [0.05, 0.1) is 0 Å². The quantitative estimate of drug-likeness (QED) is 0.678. The maximum atomic E-state index is 3.50. The molecule has 0 aliphatic rings. The van der Waals surface area contributed by atoms with Gasteiger partial charge in [-0.2, -0.15) is 23.1 Å². The van der Waals surface area contributed by atoms with Crippen molar-refractivity contribution in [2.45, 2.75) is 26.7 Å². The minimum atomic E-state index is 0.871. The van der Waals surface area contributed by atoms with Gasteiger partial charge in [0, 0.05) is 12.3 Å². The number of nitrogens with one attached hydrogen (secondary N) is 1. The van der Waals surface area contributed by atoms with E-state index in [1.54, 1.807) is 11.3 Å². The highest BCUT2D eigenvalue weighted by Gasteiger charge is 1.98. The molecule has 0 aliphatic heterocycles. The average Bonchev–Trinajstić information content (AvgIpc) is 2.80. The highest BCUT2D eigenvalue weighted by molar-refractivity contribution is 7.99. The fraction of sp³-hybridized carbons (Fsp3) is 0.692. The lowest BCUT2D eigenvalue weighted by Crippen LogP contribution is -2.20. The molecule has 1 nitrogen and oxygen atoms in total. The fourth-order valence-electron chi connectivity index (χ4n) is 1.34. The monoisotopic (exact) mass is 257 g/mol. The summed E-state index contributed by atoms with van der Waals surface area (Å²) in [7, 11) is 0. The molecule has 16 heavy (non-hydrogen) atoms. The van der Waals surface area contributed by atoms with E-state index in [0.29, 0.717) is 0 Å². The maximum absolute atomic E-state index is 3.50. The van der Waals surface area contributed by atoms with Crippen molar-refractivity contribution < 1.29 is 0 Å². The highest BCUT2D eigenvalue weighted by Crippen LogP contribution is 2.10. The molecule has 1 N–H and O–H groups in total. The van der Waals surface area contributed by atoms with Crippen LogP contribution in [0.25, 0.3) is 0 Å². The van der Waals surface area contributed by atoms with Gasteiger partial charge in [-0.25, -0.2) is 0 Å². The van der Waals surface area contributed by atoms with Gasteiger partial charge in [0.15, 0.2) is 0 Å². The minimum Gasteiger partial charge on any atom is -0.316 e. The first-order valence-corrected chi connectivity index (χ1v) is 8.22. The van der Waals surface area contributed by atoms with Crippen molar-refractivity contribution in [2.75, 3.05) is 24.6 Å². The molecule has 1 rings (SSSR count). The fourth-order valence-corrected chi connectivity index (χ4v) is 3.14. The highest BCUT2D eigenvalue weighted by atomic mass is 32.2. The molecule has 0 saturated carbocycles. The topological polar surface area (TPSA) is 12.0 Å². The van der Waals surface area contributed by atoms with Gasteiger partial charge in [0.1, 0.15) is 0 Å². The number of rotatable bonds is 9. The molecule has 0 spiro atoms. The molecule has 0 aromatic carbocycles. The smallest absolute Gasteiger partial charge is 0.00582 e. The van der Waals surface area contributed by atoms with Crippen molar-refractivity contribution in [3.05, 3.63) is 22.4 Å². The van der Waals surface area contributed by atoms with Gasteiger partial charge >= 0.3 is 0 Å². The van der Waals surface area contributed by atoms with Gasteiger partial charge < -0.3 is 5.32 Å². The molecule has 0 fully saturated rings. The van der Waals surface area contributed by atoms with Crippen LogP contribution in [0.4, 0.5) is 0 Å². The summed E-state index contributed by atoms with van der Waals surface area (Å²) in [5.41, 5.74) is 1.46. The van der Waals surface area contributed by atoms with Crippen LogP contribution < -0.4 is 5.32 Å². The van der Waals surface area contributed by atoms with Crippen LogP contribution >= 0.6 is 23.1 Å². The lowest BCUT2D eigenvalue weighted by Gasteiger charge is -2.08. The number of thioether (sulfide) groups is 1. The third kappa shape index (κ3) is 6.56. The Balaban J connectivity index is 1.85. The van der Waals surface area contributed by atoms with E-state index < -0.39 is 0 Å².